The highest BCUT2D eigenvalue weighted by atomic mass is 19.1. The molecule has 1 N–H and O–H groups in total. The molecule has 0 spiro atoms. The van der Waals surface area contributed by atoms with E-state index in [4.69, 9.17) is 9.15 Å². The quantitative estimate of drug-likeness (QED) is 0.663. The number of nitrogens with one attached hydrogen (secondary N) is 1. The van der Waals surface area contributed by atoms with E-state index in [1.165, 1.54) is 6.26 Å². The van der Waals surface area contributed by atoms with Crippen LogP contribution in [0.2, 0.25) is 0 Å². The Balaban J connectivity index is 1.56. The third-order valence-electron chi connectivity index (χ3n) is 4.03. The first-order valence-corrected chi connectivity index (χ1v) is 8.35. The first-order valence-electron chi connectivity index (χ1n) is 8.35. The summed E-state index contributed by atoms with van der Waals surface area (Å²) in [6.45, 7) is 1.46. The zero-order valence-electron chi connectivity index (χ0n) is 14.6. The van der Waals surface area contributed by atoms with Crippen molar-refractivity contribution in [3.05, 3.63) is 65.4 Å². The smallest absolute Gasteiger partial charge is 0.310 e. The standard InChI is InChI=1S/C20H17F2NO4/c1-2-12-3-5-15-13(10-26-18(15)7-12)8-20(25)27-11-19(24)23-17-6-4-14(21)9-16(17)22/h3-7,9-10H,2,8,11H2,1H3,(H,23,24). The van der Waals surface area contributed by atoms with Gasteiger partial charge in [-0.25, -0.2) is 8.78 Å². The van der Waals surface area contributed by atoms with Gasteiger partial charge in [0.25, 0.3) is 5.91 Å². The summed E-state index contributed by atoms with van der Waals surface area (Å²) in [6, 6.07) is 8.50. The topological polar surface area (TPSA) is 68.5 Å². The zero-order chi connectivity index (χ0) is 19.4. The van der Waals surface area contributed by atoms with E-state index in [-0.39, 0.29) is 12.1 Å². The lowest BCUT2D eigenvalue weighted by Crippen LogP contribution is -2.22. The van der Waals surface area contributed by atoms with Crippen molar-refractivity contribution in [2.75, 3.05) is 11.9 Å². The van der Waals surface area contributed by atoms with Crippen molar-refractivity contribution in [1.82, 2.24) is 0 Å². The van der Waals surface area contributed by atoms with Crippen molar-refractivity contribution in [1.29, 1.82) is 0 Å². The number of amides is 1. The van der Waals surface area contributed by atoms with Gasteiger partial charge in [-0.3, -0.25) is 9.59 Å². The predicted octanol–water partition coefficient (Wildman–Crippen LogP) is 4.00. The number of rotatable bonds is 6. The molecule has 0 atom stereocenters. The van der Waals surface area contributed by atoms with Gasteiger partial charge in [0.05, 0.1) is 18.4 Å². The van der Waals surface area contributed by atoms with Crippen LogP contribution in [0.5, 0.6) is 0 Å². The van der Waals surface area contributed by atoms with Crippen LogP contribution in [0, 0.1) is 11.6 Å². The van der Waals surface area contributed by atoms with Gasteiger partial charge in [0, 0.05) is 17.0 Å². The van der Waals surface area contributed by atoms with Crippen LogP contribution in [0.3, 0.4) is 0 Å². The molecular formula is C20H17F2NO4. The summed E-state index contributed by atoms with van der Waals surface area (Å²) in [7, 11) is 0. The number of furan rings is 1. The average molecular weight is 373 g/mol. The Morgan fingerprint density at radius 1 is 1.15 bits per heavy atom. The van der Waals surface area contributed by atoms with Crippen LogP contribution >= 0.6 is 0 Å². The van der Waals surface area contributed by atoms with E-state index in [0.29, 0.717) is 17.2 Å². The molecule has 0 aliphatic rings. The molecular weight excluding hydrogens is 356 g/mol. The Labute approximate surface area is 153 Å². The number of anilines is 1. The Hall–Kier alpha value is -3.22. The molecule has 0 bridgehead atoms. The molecule has 140 valence electrons. The minimum atomic E-state index is -0.911. The van der Waals surface area contributed by atoms with Crippen molar-refractivity contribution < 1.29 is 27.5 Å². The van der Waals surface area contributed by atoms with Crippen molar-refractivity contribution in [3.8, 4) is 0 Å². The van der Waals surface area contributed by atoms with E-state index in [9.17, 15) is 18.4 Å². The number of halogens is 2. The Kier molecular flexibility index (Phi) is 5.49. The lowest BCUT2D eigenvalue weighted by Gasteiger charge is -2.07. The Morgan fingerprint density at radius 2 is 1.96 bits per heavy atom. The van der Waals surface area contributed by atoms with Gasteiger partial charge >= 0.3 is 5.97 Å². The minimum Gasteiger partial charge on any atom is -0.464 e. The van der Waals surface area contributed by atoms with Gasteiger partial charge in [-0.05, 0) is 30.2 Å². The van der Waals surface area contributed by atoms with Crippen LogP contribution in [0.4, 0.5) is 14.5 Å². The molecule has 1 aromatic heterocycles. The second kappa shape index (κ2) is 7.99. The van der Waals surface area contributed by atoms with E-state index >= 15 is 0 Å². The normalized spacial score (nSPS) is 10.8. The van der Waals surface area contributed by atoms with E-state index < -0.39 is 30.1 Å². The lowest BCUT2D eigenvalue weighted by molar-refractivity contribution is -0.146. The molecule has 2 aromatic carbocycles. The molecule has 1 amide bonds. The monoisotopic (exact) mass is 373 g/mol. The molecule has 0 saturated carbocycles. The van der Waals surface area contributed by atoms with Crippen molar-refractivity contribution in [2.24, 2.45) is 0 Å². The third kappa shape index (κ3) is 4.49. The fourth-order valence-corrected chi connectivity index (χ4v) is 2.61. The van der Waals surface area contributed by atoms with Gasteiger partial charge in [-0.1, -0.05) is 19.1 Å². The maximum Gasteiger partial charge on any atom is 0.310 e. The molecule has 0 aliphatic carbocycles. The molecule has 0 fully saturated rings. The Morgan fingerprint density at radius 3 is 2.70 bits per heavy atom. The van der Waals surface area contributed by atoms with Crippen LogP contribution in [-0.2, 0) is 27.2 Å². The third-order valence-corrected chi connectivity index (χ3v) is 4.03. The van der Waals surface area contributed by atoms with Crippen LogP contribution in [-0.4, -0.2) is 18.5 Å². The maximum absolute atomic E-state index is 13.5. The molecule has 0 aliphatic heterocycles. The number of aryl methyl sites for hydroxylation is 1. The highest BCUT2D eigenvalue weighted by Gasteiger charge is 2.14. The van der Waals surface area contributed by atoms with Crippen LogP contribution in [0.25, 0.3) is 11.0 Å². The number of ether oxygens (including phenoxy) is 1. The zero-order valence-corrected chi connectivity index (χ0v) is 14.6. The highest BCUT2D eigenvalue weighted by molar-refractivity contribution is 5.93. The van der Waals surface area contributed by atoms with Gasteiger partial charge in [-0.15, -0.1) is 0 Å². The summed E-state index contributed by atoms with van der Waals surface area (Å²) in [4.78, 5) is 23.8. The van der Waals surface area contributed by atoms with Gasteiger partial charge in [0.15, 0.2) is 6.61 Å². The molecule has 3 aromatic rings. The van der Waals surface area contributed by atoms with E-state index in [1.807, 2.05) is 25.1 Å². The number of carbonyl (C=O) groups is 2. The number of carbonyl (C=O) groups excluding carboxylic acids is 2. The number of hydrogen-bond donors (Lipinski definition) is 1. The summed E-state index contributed by atoms with van der Waals surface area (Å²) in [5.74, 6) is -3.01. The maximum atomic E-state index is 13.5. The first-order chi connectivity index (χ1) is 13.0. The first kappa shape index (κ1) is 18.6. The fourth-order valence-electron chi connectivity index (χ4n) is 2.61. The molecule has 3 rings (SSSR count). The summed E-state index contributed by atoms with van der Waals surface area (Å²) in [6.07, 6.45) is 2.30. The van der Waals surface area contributed by atoms with E-state index in [0.717, 1.165) is 29.5 Å². The average Bonchev–Trinajstić information content (AvgIpc) is 3.04. The van der Waals surface area contributed by atoms with Gasteiger partial charge in [0.2, 0.25) is 0 Å². The number of hydrogen-bond acceptors (Lipinski definition) is 4. The van der Waals surface area contributed by atoms with Crippen molar-refractivity contribution in [2.45, 2.75) is 19.8 Å². The van der Waals surface area contributed by atoms with Crippen LogP contribution in [0.1, 0.15) is 18.1 Å². The number of fused-ring (bicyclic) bond motifs is 1. The van der Waals surface area contributed by atoms with Gasteiger partial charge < -0.3 is 14.5 Å². The van der Waals surface area contributed by atoms with Crippen LogP contribution in [0.15, 0.2) is 47.1 Å². The fraction of sp³-hybridized carbons (Fsp3) is 0.200. The predicted molar refractivity (Wildman–Crippen MR) is 95.2 cm³/mol. The van der Waals surface area contributed by atoms with Crippen molar-refractivity contribution >= 4 is 28.5 Å². The lowest BCUT2D eigenvalue weighted by atomic mass is 10.1. The van der Waals surface area contributed by atoms with Crippen LogP contribution < -0.4 is 5.32 Å². The molecule has 7 heteroatoms. The molecule has 0 saturated heterocycles. The van der Waals surface area contributed by atoms with E-state index in [1.54, 1.807) is 0 Å². The summed E-state index contributed by atoms with van der Waals surface area (Å²) in [5.41, 5.74) is 2.27. The molecule has 0 unspecified atom stereocenters. The summed E-state index contributed by atoms with van der Waals surface area (Å²) >= 11 is 0. The largest absolute Gasteiger partial charge is 0.464 e. The Bertz CT molecular complexity index is 997. The highest BCUT2D eigenvalue weighted by Crippen LogP contribution is 2.23. The van der Waals surface area contributed by atoms with Gasteiger partial charge in [-0.2, -0.15) is 0 Å². The summed E-state index contributed by atoms with van der Waals surface area (Å²) in [5, 5.41) is 3.02. The summed E-state index contributed by atoms with van der Waals surface area (Å²) < 4.78 is 36.7. The molecule has 1 heterocycles. The SMILES string of the molecule is CCc1ccc2c(CC(=O)OCC(=O)Nc3ccc(F)cc3F)coc2c1. The van der Waals surface area contributed by atoms with Crippen molar-refractivity contribution in [3.63, 3.8) is 0 Å². The second-order valence-electron chi connectivity index (χ2n) is 5.95. The van der Waals surface area contributed by atoms with E-state index in [2.05, 4.69) is 5.32 Å². The van der Waals surface area contributed by atoms with Gasteiger partial charge in [0.1, 0.15) is 17.2 Å². The molecule has 27 heavy (non-hydrogen) atoms. The number of benzene rings is 2. The second-order valence-corrected chi connectivity index (χ2v) is 5.95. The minimum absolute atomic E-state index is 0.0589. The molecule has 0 radical (unpaired) electrons. The molecule has 5 nitrogen and oxygen atoms in total. The number of esters is 1.